The van der Waals surface area contributed by atoms with E-state index in [9.17, 15) is 4.79 Å². The molecule has 3 heterocycles. The van der Waals surface area contributed by atoms with Crippen molar-refractivity contribution in [1.29, 1.82) is 0 Å². The third-order valence-corrected chi connectivity index (χ3v) is 8.42. The van der Waals surface area contributed by atoms with Gasteiger partial charge in [0.1, 0.15) is 12.4 Å². The molecule has 5 aromatic rings. The molecule has 0 atom stereocenters. The average molecular weight is 497 g/mol. The van der Waals surface area contributed by atoms with Crippen molar-refractivity contribution in [1.82, 2.24) is 14.5 Å². The van der Waals surface area contributed by atoms with Gasteiger partial charge in [0.2, 0.25) is 0 Å². The Bertz CT molecular complexity index is 1580. The first-order chi connectivity index (χ1) is 17.2. The quantitative estimate of drug-likeness (QED) is 0.188. The van der Waals surface area contributed by atoms with Crippen LogP contribution in [0.2, 0.25) is 25.7 Å². The number of benzene rings is 2. The molecule has 7 heteroatoms. The van der Waals surface area contributed by atoms with E-state index in [2.05, 4.69) is 65.4 Å². The van der Waals surface area contributed by atoms with Crippen molar-refractivity contribution in [2.24, 2.45) is 5.73 Å². The topological polar surface area (TPSA) is 85.9 Å². The molecule has 1 amide bonds. The molecule has 0 aliphatic rings. The van der Waals surface area contributed by atoms with Gasteiger partial charge in [-0.25, -0.2) is 4.98 Å². The molecule has 3 aromatic heterocycles. The lowest BCUT2D eigenvalue weighted by Crippen LogP contribution is -2.22. The number of aromatic amines is 1. The molecule has 184 valence electrons. The van der Waals surface area contributed by atoms with Gasteiger partial charge in [-0.05, 0) is 47.5 Å². The molecule has 0 saturated heterocycles. The van der Waals surface area contributed by atoms with E-state index in [1.165, 1.54) is 5.56 Å². The van der Waals surface area contributed by atoms with E-state index in [1.54, 1.807) is 6.20 Å². The monoisotopic (exact) mass is 496 g/mol. The second kappa shape index (κ2) is 9.41. The number of carbonyl (C=O) groups excluding carboxylic acids is 1. The third-order valence-electron chi connectivity index (χ3n) is 6.71. The molecule has 3 N–H and O–H groups in total. The van der Waals surface area contributed by atoms with Crippen LogP contribution in [0.3, 0.4) is 0 Å². The highest BCUT2D eigenvalue weighted by Crippen LogP contribution is 2.39. The molecule has 6 nitrogen and oxygen atoms in total. The normalized spacial score (nSPS) is 12.0. The fraction of sp³-hybridized carbons (Fsp3) is 0.241. The van der Waals surface area contributed by atoms with Crippen molar-refractivity contribution in [3.05, 3.63) is 78.1 Å². The van der Waals surface area contributed by atoms with Crippen molar-refractivity contribution in [2.75, 3.05) is 6.61 Å². The second-order valence-corrected chi connectivity index (χ2v) is 16.1. The molecule has 0 unspecified atom stereocenters. The maximum atomic E-state index is 12.8. The minimum absolute atomic E-state index is 0.318. The van der Waals surface area contributed by atoms with E-state index < -0.39 is 14.0 Å². The number of rotatable bonds is 8. The number of nitrogens with one attached hydrogen (secondary N) is 1. The molecule has 5 rings (SSSR count). The van der Waals surface area contributed by atoms with Gasteiger partial charge in [-0.15, -0.1) is 0 Å². The first-order valence-corrected chi connectivity index (χ1v) is 16.0. The van der Waals surface area contributed by atoms with Gasteiger partial charge >= 0.3 is 0 Å². The van der Waals surface area contributed by atoms with Gasteiger partial charge in [0, 0.05) is 43.6 Å². The zero-order chi connectivity index (χ0) is 25.4. The maximum Gasteiger partial charge on any atom is 0.250 e. The van der Waals surface area contributed by atoms with E-state index in [-0.39, 0.29) is 0 Å². The van der Waals surface area contributed by atoms with Crippen LogP contribution in [0.5, 0.6) is 0 Å². The zero-order valence-corrected chi connectivity index (χ0v) is 22.3. The van der Waals surface area contributed by atoms with Gasteiger partial charge < -0.3 is 20.0 Å². The molecule has 36 heavy (non-hydrogen) atoms. The number of aryl methyl sites for hydroxylation is 1. The standard InChI is InChI=1S/C29H32N4O2Si/c1-19-9-10-23(21-8-6-5-7-20(19)21)27-25(28(30)34)17-26(33(27)18-35-15-16-36(2,3)4)22-11-13-31-29-24(22)12-14-32-29/h5-14,17H,15-16,18H2,1-4H3,(H2,30,34)(H,31,32). The maximum absolute atomic E-state index is 12.8. The number of ether oxygens (including phenoxy) is 1. The molecule has 0 bridgehead atoms. The Kier molecular flexibility index (Phi) is 6.28. The first-order valence-electron chi connectivity index (χ1n) is 12.3. The van der Waals surface area contributed by atoms with Crippen molar-refractivity contribution in [3.8, 4) is 22.5 Å². The van der Waals surface area contributed by atoms with Crippen molar-refractivity contribution in [2.45, 2.75) is 39.3 Å². The SMILES string of the molecule is Cc1ccc(-c2c(C(N)=O)cc(-c3ccnc4[nH]ccc34)n2COCC[Si](C)(C)C)c2ccccc12. The average Bonchev–Trinajstić information content (AvgIpc) is 3.47. The van der Waals surface area contributed by atoms with Gasteiger partial charge in [-0.1, -0.05) is 56.0 Å². The van der Waals surface area contributed by atoms with Crippen LogP contribution >= 0.6 is 0 Å². The molecule has 0 radical (unpaired) electrons. The summed E-state index contributed by atoms with van der Waals surface area (Å²) in [6, 6.07) is 19.4. The predicted molar refractivity (Wildman–Crippen MR) is 150 cm³/mol. The summed E-state index contributed by atoms with van der Waals surface area (Å²) >= 11 is 0. The second-order valence-electron chi connectivity index (χ2n) is 10.5. The highest BCUT2D eigenvalue weighted by molar-refractivity contribution is 6.76. The van der Waals surface area contributed by atoms with E-state index in [0.29, 0.717) is 18.9 Å². The molecule has 2 aromatic carbocycles. The Labute approximate surface area is 212 Å². The number of nitrogens with two attached hydrogens (primary N) is 1. The van der Waals surface area contributed by atoms with Crippen LogP contribution < -0.4 is 5.73 Å². The van der Waals surface area contributed by atoms with Gasteiger partial charge in [0.15, 0.2) is 0 Å². The van der Waals surface area contributed by atoms with Crippen molar-refractivity contribution < 1.29 is 9.53 Å². The molecule has 0 aliphatic carbocycles. The molecule has 0 fully saturated rings. The van der Waals surface area contributed by atoms with Gasteiger partial charge in [-0.3, -0.25) is 4.79 Å². The number of hydrogen-bond donors (Lipinski definition) is 2. The highest BCUT2D eigenvalue weighted by Gasteiger charge is 2.24. The fourth-order valence-electron chi connectivity index (χ4n) is 4.76. The Morgan fingerprint density at radius 3 is 2.56 bits per heavy atom. The lowest BCUT2D eigenvalue weighted by atomic mass is 9.96. The molecular formula is C29H32N4O2Si. The van der Waals surface area contributed by atoms with Crippen LogP contribution in [0.4, 0.5) is 0 Å². The number of primary amides is 1. The number of amides is 1. The number of hydrogen-bond acceptors (Lipinski definition) is 3. The van der Waals surface area contributed by atoms with Crippen molar-refractivity contribution in [3.63, 3.8) is 0 Å². The van der Waals surface area contributed by atoms with Crippen LogP contribution in [0, 0.1) is 6.92 Å². The van der Waals surface area contributed by atoms with Gasteiger partial charge in [0.05, 0.1) is 17.0 Å². The predicted octanol–water partition coefficient (Wildman–Crippen LogP) is 6.57. The van der Waals surface area contributed by atoms with E-state index >= 15 is 0 Å². The highest BCUT2D eigenvalue weighted by atomic mass is 28.3. The van der Waals surface area contributed by atoms with Crippen LogP contribution in [0.15, 0.2) is 67.0 Å². The van der Waals surface area contributed by atoms with Crippen LogP contribution in [-0.2, 0) is 11.5 Å². The largest absolute Gasteiger partial charge is 0.366 e. The Hall–Kier alpha value is -3.68. The zero-order valence-electron chi connectivity index (χ0n) is 21.3. The lowest BCUT2D eigenvalue weighted by Gasteiger charge is -2.19. The number of carbonyl (C=O) groups is 1. The van der Waals surface area contributed by atoms with E-state index in [0.717, 1.165) is 50.4 Å². The van der Waals surface area contributed by atoms with Crippen molar-refractivity contribution >= 4 is 35.8 Å². The summed E-state index contributed by atoms with van der Waals surface area (Å²) < 4.78 is 8.36. The minimum atomic E-state index is -1.25. The smallest absolute Gasteiger partial charge is 0.250 e. The Morgan fingerprint density at radius 1 is 1.03 bits per heavy atom. The van der Waals surface area contributed by atoms with Crippen LogP contribution in [0.1, 0.15) is 15.9 Å². The first kappa shape index (κ1) is 24.0. The van der Waals surface area contributed by atoms with Gasteiger partial charge in [0.25, 0.3) is 5.91 Å². The molecular weight excluding hydrogens is 464 g/mol. The lowest BCUT2D eigenvalue weighted by molar-refractivity contribution is 0.0894. The molecule has 0 aliphatic heterocycles. The van der Waals surface area contributed by atoms with Crippen LogP contribution in [0.25, 0.3) is 44.3 Å². The summed E-state index contributed by atoms with van der Waals surface area (Å²) in [5.41, 5.74) is 12.0. The summed E-state index contributed by atoms with van der Waals surface area (Å²) in [7, 11) is -1.25. The summed E-state index contributed by atoms with van der Waals surface area (Å²) in [5.74, 6) is -0.462. The molecule has 0 saturated carbocycles. The summed E-state index contributed by atoms with van der Waals surface area (Å²) in [5, 5.41) is 3.21. The number of aromatic nitrogens is 3. The molecule has 0 spiro atoms. The number of nitrogens with zero attached hydrogens (tertiary/aromatic N) is 2. The van der Waals surface area contributed by atoms with Gasteiger partial charge in [-0.2, -0.15) is 0 Å². The summed E-state index contributed by atoms with van der Waals surface area (Å²) in [6.45, 7) is 10.1. The minimum Gasteiger partial charge on any atom is -0.366 e. The summed E-state index contributed by atoms with van der Waals surface area (Å²) in [4.78, 5) is 20.5. The Morgan fingerprint density at radius 2 is 1.81 bits per heavy atom. The van der Waals surface area contributed by atoms with Crippen LogP contribution in [-0.4, -0.2) is 35.1 Å². The fourth-order valence-corrected chi connectivity index (χ4v) is 5.52. The van der Waals surface area contributed by atoms with E-state index in [4.69, 9.17) is 10.5 Å². The number of H-pyrrole nitrogens is 1. The third kappa shape index (κ3) is 4.47. The summed E-state index contributed by atoms with van der Waals surface area (Å²) in [6.07, 6.45) is 3.66. The number of fused-ring (bicyclic) bond motifs is 2. The van der Waals surface area contributed by atoms with E-state index in [1.807, 2.05) is 36.5 Å². The number of pyridine rings is 1. The Balaban J connectivity index is 1.75.